The molecule has 0 amide bonds. The van der Waals surface area contributed by atoms with Gasteiger partial charge in [-0.3, -0.25) is 5.10 Å². The van der Waals surface area contributed by atoms with Gasteiger partial charge in [0.25, 0.3) is 0 Å². The topological polar surface area (TPSA) is 53.6 Å². The molecule has 1 aliphatic rings. The van der Waals surface area contributed by atoms with E-state index in [1.807, 2.05) is 12.1 Å². The molecule has 1 unspecified atom stereocenters. The highest BCUT2D eigenvalue weighted by atomic mass is 19.1. The number of benzene rings is 1. The number of nitrogens with zero attached hydrogens (tertiary/aromatic N) is 2. The van der Waals surface area contributed by atoms with Gasteiger partial charge in [0.15, 0.2) is 0 Å². The van der Waals surface area contributed by atoms with Crippen LogP contribution in [0.1, 0.15) is 43.1 Å². The average molecular weight is 260 g/mol. The Kier molecular flexibility index (Phi) is 3.29. The predicted octanol–water partition coefficient (Wildman–Crippen LogP) is 2.54. The molecule has 4 nitrogen and oxygen atoms in total. The summed E-state index contributed by atoms with van der Waals surface area (Å²) in [5.41, 5.74) is 0.841. The molecule has 0 aliphatic heterocycles. The first kappa shape index (κ1) is 12.3. The molecule has 1 saturated carbocycles. The zero-order chi connectivity index (χ0) is 13.2. The molecule has 3 rings (SSSR count). The Hall–Kier alpha value is -1.75. The number of aromatic nitrogens is 3. The standard InChI is InChI=1S/C14H17FN4/c1-9(14-16-8-17-19-14)18-11-6-10(7-11)12-4-2-3-5-13(12)15/h2-5,8-11,18H,6-7H2,1H3,(H,16,17,19). The van der Waals surface area contributed by atoms with Crippen LogP contribution in [0.25, 0.3) is 0 Å². The van der Waals surface area contributed by atoms with Crippen molar-refractivity contribution in [3.63, 3.8) is 0 Å². The molecular weight excluding hydrogens is 243 g/mol. The van der Waals surface area contributed by atoms with E-state index in [1.165, 1.54) is 12.4 Å². The fourth-order valence-corrected chi connectivity index (χ4v) is 2.67. The van der Waals surface area contributed by atoms with Crippen molar-refractivity contribution in [1.29, 1.82) is 0 Å². The minimum Gasteiger partial charge on any atom is -0.305 e. The van der Waals surface area contributed by atoms with Crippen LogP contribution in [0, 0.1) is 5.82 Å². The van der Waals surface area contributed by atoms with Gasteiger partial charge in [-0.05, 0) is 37.3 Å². The summed E-state index contributed by atoms with van der Waals surface area (Å²) in [6.45, 7) is 2.05. The van der Waals surface area contributed by atoms with Gasteiger partial charge >= 0.3 is 0 Å². The fourth-order valence-electron chi connectivity index (χ4n) is 2.67. The summed E-state index contributed by atoms with van der Waals surface area (Å²) in [6.07, 6.45) is 3.45. The summed E-state index contributed by atoms with van der Waals surface area (Å²) in [5.74, 6) is 1.09. The molecule has 1 heterocycles. The fraction of sp³-hybridized carbons (Fsp3) is 0.429. The van der Waals surface area contributed by atoms with Gasteiger partial charge in [0, 0.05) is 6.04 Å². The first-order valence-corrected chi connectivity index (χ1v) is 6.59. The van der Waals surface area contributed by atoms with Crippen LogP contribution in [0.2, 0.25) is 0 Å². The maximum Gasteiger partial charge on any atom is 0.141 e. The number of H-pyrrole nitrogens is 1. The maximum atomic E-state index is 13.6. The van der Waals surface area contributed by atoms with Gasteiger partial charge in [0.1, 0.15) is 18.0 Å². The summed E-state index contributed by atoms with van der Waals surface area (Å²) in [7, 11) is 0. The van der Waals surface area contributed by atoms with Gasteiger partial charge in [-0.15, -0.1) is 0 Å². The molecule has 1 atom stereocenters. The van der Waals surface area contributed by atoms with Gasteiger partial charge in [-0.2, -0.15) is 5.10 Å². The lowest BCUT2D eigenvalue weighted by Crippen LogP contribution is -2.41. The zero-order valence-electron chi connectivity index (χ0n) is 10.8. The molecule has 0 bridgehead atoms. The number of rotatable bonds is 4. The molecule has 1 fully saturated rings. The van der Waals surface area contributed by atoms with Crippen molar-refractivity contribution in [2.45, 2.75) is 37.8 Å². The van der Waals surface area contributed by atoms with E-state index in [9.17, 15) is 4.39 Å². The molecule has 19 heavy (non-hydrogen) atoms. The number of aromatic amines is 1. The van der Waals surface area contributed by atoms with Crippen LogP contribution >= 0.6 is 0 Å². The molecule has 5 heteroatoms. The first-order valence-electron chi connectivity index (χ1n) is 6.59. The third-order valence-corrected chi connectivity index (χ3v) is 3.81. The lowest BCUT2D eigenvalue weighted by Gasteiger charge is -2.37. The van der Waals surface area contributed by atoms with Gasteiger partial charge in [-0.1, -0.05) is 18.2 Å². The second-order valence-corrected chi connectivity index (χ2v) is 5.15. The van der Waals surface area contributed by atoms with Crippen LogP contribution in [-0.4, -0.2) is 21.2 Å². The molecule has 1 aromatic heterocycles. The van der Waals surface area contributed by atoms with Crippen molar-refractivity contribution >= 4 is 0 Å². The second kappa shape index (κ2) is 5.09. The van der Waals surface area contributed by atoms with Crippen LogP contribution in [-0.2, 0) is 0 Å². The highest BCUT2D eigenvalue weighted by Crippen LogP contribution is 2.38. The van der Waals surface area contributed by atoms with Crippen molar-refractivity contribution in [3.8, 4) is 0 Å². The quantitative estimate of drug-likeness (QED) is 0.888. The lowest BCUT2D eigenvalue weighted by molar-refractivity contribution is 0.263. The molecule has 0 radical (unpaired) electrons. The highest BCUT2D eigenvalue weighted by molar-refractivity contribution is 5.24. The molecule has 2 aromatic rings. The van der Waals surface area contributed by atoms with Crippen LogP contribution < -0.4 is 5.32 Å². The summed E-state index contributed by atoms with van der Waals surface area (Å²) < 4.78 is 13.6. The van der Waals surface area contributed by atoms with E-state index in [4.69, 9.17) is 0 Å². The Morgan fingerprint density at radius 1 is 1.37 bits per heavy atom. The number of nitrogens with one attached hydrogen (secondary N) is 2. The maximum absolute atomic E-state index is 13.6. The summed E-state index contributed by atoms with van der Waals surface area (Å²) >= 11 is 0. The van der Waals surface area contributed by atoms with Gasteiger partial charge < -0.3 is 5.32 Å². The normalized spacial score (nSPS) is 23.9. The van der Waals surface area contributed by atoms with Crippen LogP contribution in [0.5, 0.6) is 0 Å². The molecule has 100 valence electrons. The third kappa shape index (κ3) is 2.51. The predicted molar refractivity (Wildman–Crippen MR) is 70.1 cm³/mol. The Morgan fingerprint density at radius 3 is 2.84 bits per heavy atom. The first-order chi connectivity index (χ1) is 9.24. The SMILES string of the molecule is CC(NC1CC(c2ccccc2F)C1)c1ncn[nH]1. The van der Waals surface area contributed by atoms with Crippen molar-refractivity contribution in [2.24, 2.45) is 0 Å². The minimum atomic E-state index is -0.0887. The molecule has 2 N–H and O–H groups in total. The number of hydrogen-bond donors (Lipinski definition) is 2. The van der Waals surface area contributed by atoms with Gasteiger partial charge in [-0.25, -0.2) is 9.37 Å². The Bertz CT molecular complexity index is 534. The van der Waals surface area contributed by atoms with Crippen LogP contribution in [0.15, 0.2) is 30.6 Å². The third-order valence-electron chi connectivity index (χ3n) is 3.81. The van der Waals surface area contributed by atoms with Crippen molar-refractivity contribution < 1.29 is 4.39 Å². The van der Waals surface area contributed by atoms with Gasteiger partial charge in [0.05, 0.1) is 6.04 Å². The van der Waals surface area contributed by atoms with Crippen molar-refractivity contribution in [3.05, 3.63) is 47.8 Å². The van der Waals surface area contributed by atoms with E-state index in [1.54, 1.807) is 6.07 Å². The summed E-state index contributed by atoms with van der Waals surface area (Å²) in [4.78, 5) is 4.13. The Morgan fingerprint density at radius 2 is 2.16 bits per heavy atom. The molecule has 1 aliphatic carbocycles. The number of halogens is 1. The molecule has 1 aromatic carbocycles. The lowest BCUT2D eigenvalue weighted by atomic mass is 9.75. The van der Waals surface area contributed by atoms with Crippen LogP contribution in [0.3, 0.4) is 0 Å². The van der Waals surface area contributed by atoms with Crippen LogP contribution in [0.4, 0.5) is 4.39 Å². The smallest absolute Gasteiger partial charge is 0.141 e. The van der Waals surface area contributed by atoms with E-state index >= 15 is 0 Å². The van der Waals surface area contributed by atoms with E-state index in [0.29, 0.717) is 12.0 Å². The largest absolute Gasteiger partial charge is 0.305 e. The molecular formula is C14H17FN4. The Balaban J connectivity index is 1.55. The van der Waals surface area contributed by atoms with Gasteiger partial charge in [0.2, 0.25) is 0 Å². The number of hydrogen-bond acceptors (Lipinski definition) is 3. The van der Waals surface area contributed by atoms with Crippen molar-refractivity contribution in [1.82, 2.24) is 20.5 Å². The highest BCUT2D eigenvalue weighted by Gasteiger charge is 2.32. The average Bonchev–Trinajstić information content (AvgIpc) is 2.88. The van der Waals surface area contributed by atoms with E-state index in [-0.39, 0.29) is 11.9 Å². The summed E-state index contributed by atoms with van der Waals surface area (Å²) in [6, 6.07) is 7.62. The van der Waals surface area contributed by atoms with E-state index in [2.05, 4.69) is 27.4 Å². The Labute approximate surface area is 111 Å². The van der Waals surface area contributed by atoms with Crippen molar-refractivity contribution in [2.75, 3.05) is 0 Å². The van der Waals surface area contributed by atoms with E-state index in [0.717, 1.165) is 24.2 Å². The second-order valence-electron chi connectivity index (χ2n) is 5.15. The summed E-state index contributed by atoms with van der Waals surface area (Å²) in [5, 5.41) is 10.2. The molecule has 0 saturated heterocycles. The molecule has 0 spiro atoms. The zero-order valence-corrected chi connectivity index (χ0v) is 10.8. The minimum absolute atomic E-state index is 0.0887. The monoisotopic (exact) mass is 260 g/mol. The van der Waals surface area contributed by atoms with E-state index < -0.39 is 0 Å².